The Hall–Kier alpha value is -1.89. The van der Waals surface area contributed by atoms with E-state index in [1.807, 2.05) is 4.90 Å². The molecule has 0 radical (unpaired) electrons. The zero-order valence-electron chi connectivity index (χ0n) is 14.2. The highest BCUT2D eigenvalue weighted by atomic mass is 19.3. The number of para-hydroxylation sites is 2. The molecule has 1 amide bonds. The predicted octanol–water partition coefficient (Wildman–Crippen LogP) is 2.50. The number of carbonyl (C=O) groups is 1. The Morgan fingerprint density at radius 2 is 2.08 bits per heavy atom. The van der Waals surface area contributed by atoms with Crippen LogP contribution in [0.15, 0.2) is 24.3 Å². The maximum absolute atomic E-state index is 12.6. The second-order valence-electron chi connectivity index (χ2n) is 6.91. The minimum Gasteiger partial charge on any atom is -0.433 e. The SMILES string of the molecule is NC1CCCC(C(=O)NC2CCN(c3ccccc3OC(F)F)C2)C1. The van der Waals surface area contributed by atoms with Gasteiger partial charge in [-0.3, -0.25) is 4.79 Å². The van der Waals surface area contributed by atoms with Crippen LogP contribution in [0.4, 0.5) is 14.5 Å². The molecular weight excluding hydrogens is 328 g/mol. The number of halogens is 2. The highest BCUT2D eigenvalue weighted by Crippen LogP contribution is 2.32. The van der Waals surface area contributed by atoms with Gasteiger partial charge in [0.05, 0.1) is 5.69 Å². The topological polar surface area (TPSA) is 67.6 Å². The van der Waals surface area contributed by atoms with Crippen LogP contribution in [0.25, 0.3) is 0 Å². The average Bonchev–Trinajstić information content (AvgIpc) is 3.03. The van der Waals surface area contributed by atoms with Crippen molar-refractivity contribution in [3.05, 3.63) is 24.3 Å². The van der Waals surface area contributed by atoms with E-state index in [4.69, 9.17) is 5.73 Å². The van der Waals surface area contributed by atoms with E-state index in [2.05, 4.69) is 10.1 Å². The molecule has 3 unspecified atom stereocenters. The van der Waals surface area contributed by atoms with Crippen LogP contribution >= 0.6 is 0 Å². The van der Waals surface area contributed by atoms with Gasteiger partial charge in [0, 0.05) is 31.1 Å². The lowest BCUT2D eigenvalue weighted by Crippen LogP contribution is -2.43. The first-order valence-electron chi connectivity index (χ1n) is 8.87. The van der Waals surface area contributed by atoms with Crippen molar-refractivity contribution in [1.29, 1.82) is 0 Å². The van der Waals surface area contributed by atoms with E-state index in [-0.39, 0.29) is 29.7 Å². The van der Waals surface area contributed by atoms with Gasteiger partial charge in [0.15, 0.2) is 0 Å². The van der Waals surface area contributed by atoms with Crippen LogP contribution in [0.1, 0.15) is 32.1 Å². The second-order valence-corrected chi connectivity index (χ2v) is 6.91. The minimum absolute atomic E-state index is 0.00717. The van der Waals surface area contributed by atoms with Gasteiger partial charge in [0.2, 0.25) is 5.91 Å². The third-order valence-electron chi connectivity index (χ3n) is 5.04. The fourth-order valence-electron chi connectivity index (χ4n) is 3.80. The van der Waals surface area contributed by atoms with Gasteiger partial charge >= 0.3 is 6.61 Å². The van der Waals surface area contributed by atoms with Gasteiger partial charge in [-0.25, -0.2) is 0 Å². The molecule has 1 saturated carbocycles. The monoisotopic (exact) mass is 353 g/mol. The molecular formula is C18H25F2N3O2. The van der Waals surface area contributed by atoms with Crippen molar-refractivity contribution in [2.45, 2.75) is 50.8 Å². The Labute approximate surface area is 146 Å². The zero-order chi connectivity index (χ0) is 17.8. The summed E-state index contributed by atoms with van der Waals surface area (Å²) in [6.07, 6.45) is 4.40. The van der Waals surface area contributed by atoms with E-state index in [1.165, 1.54) is 6.07 Å². The lowest BCUT2D eigenvalue weighted by Gasteiger charge is -2.27. The fourth-order valence-corrected chi connectivity index (χ4v) is 3.80. The number of nitrogens with one attached hydrogen (secondary N) is 1. The third-order valence-corrected chi connectivity index (χ3v) is 5.04. The third kappa shape index (κ3) is 4.60. The summed E-state index contributed by atoms with van der Waals surface area (Å²) in [4.78, 5) is 14.4. The lowest BCUT2D eigenvalue weighted by molar-refractivity contribution is -0.126. The largest absolute Gasteiger partial charge is 0.433 e. The number of rotatable bonds is 5. The molecule has 1 saturated heterocycles. The molecule has 0 bridgehead atoms. The summed E-state index contributed by atoms with van der Waals surface area (Å²) >= 11 is 0. The first-order valence-corrected chi connectivity index (χ1v) is 8.87. The Morgan fingerprint density at radius 1 is 1.28 bits per heavy atom. The lowest BCUT2D eigenvalue weighted by atomic mass is 9.85. The van der Waals surface area contributed by atoms with Gasteiger partial charge < -0.3 is 20.7 Å². The maximum atomic E-state index is 12.6. The van der Waals surface area contributed by atoms with Crippen molar-refractivity contribution in [3.63, 3.8) is 0 Å². The molecule has 2 fully saturated rings. The molecule has 2 aliphatic rings. The van der Waals surface area contributed by atoms with E-state index >= 15 is 0 Å². The molecule has 1 aromatic rings. The molecule has 0 spiro atoms. The summed E-state index contributed by atoms with van der Waals surface area (Å²) in [5.41, 5.74) is 6.60. The van der Waals surface area contributed by atoms with E-state index in [9.17, 15) is 13.6 Å². The van der Waals surface area contributed by atoms with Crippen LogP contribution in [0.2, 0.25) is 0 Å². The molecule has 138 valence electrons. The Balaban J connectivity index is 1.58. The molecule has 1 aliphatic carbocycles. The molecule has 1 heterocycles. The summed E-state index contributed by atoms with van der Waals surface area (Å²) in [5.74, 6) is 0.231. The normalized spacial score (nSPS) is 26.7. The van der Waals surface area contributed by atoms with Crippen LogP contribution < -0.4 is 20.7 Å². The number of nitrogens with two attached hydrogens (primary N) is 1. The first-order chi connectivity index (χ1) is 12.0. The van der Waals surface area contributed by atoms with E-state index in [0.29, 0.717) is 18.8 Å². The Morgan fingerprint density at radius 3 is 2.84 bits per heavy atom. The van der Waals surface area contributed by atoms with Crippen molar-refractivity contribution in [2.24, 2.45) is 11.7 Å². The van der Waals surface area contributed by atoms with Crippen LogP contribution in [0, 0.1) is 5.92 Å². The van der Waals surface area contributed by atoms with Gasteiger partial charge in [0.1, 0.15) is 5.75 Å². The number of nitrogens with zero attached hydrogens (tertiary/aromatic N) is 1. The highest BCUT2D eigenvalue weighted by Gasteiger charge is 2.30. The van der Waals surface area contributed by atoms with Gasteiger partial charge in [-0.2, -0.15) is 8.78 Å². The smallest absolute Gasteiger partial charge is 0.387 e. The molecule has 7 heteroatoms. The fraction of sp³-hybridized carbons (Fsp3) is 0.611. The predicted molar refractivity (Wildman–Crippen MR) is 91.8 cm³/mol. The molecule has 5 nitrogen and oxygen atoms in total. The maximum Gasteiger partial charge on any atom is 0.387 e. The van der Waals surface area contributed by atoms with Crippen LogP contribution in [0.5, 0.6) is 5.75 Å². The number of carbonyl (C=O) groups excluding carboxylic acids is 1. The quantitative estimate of drug-likeness (QED) is 0.854. The summed E-state index contributed by atoms with van der Waals surface area (Å²) < 4.78 is 29.7. The van der Waals surface area contributed by atoms with E-state index < -0.39 is 6.61 Å². The molecule has 3 rings (SSSR count). The summed E-state index contributed by atoms with van der Waals surface area (Å²) in [6.45, 7) is -1.57. The van der Waals surface area contributed by atoms with Gasteiger partial charge in [-0.05, 0) is 37.8 Å². The van der Waals surface area contributed by atoms with Crippen LogP contribution in [0.3, 0.4) is 0 Å². The Kier molecular flexibility index (Phi) is 5.73. The first kappa shape index (κ1) is 17.9. The van der Waals surface area contributed by atoms with E-state index in [1.54, 1.807) is 18.2 Å². The van der Waals surface area contributed by atoms with Crippen molar-refractivity contribution < 1.29 is 18.3 Å². The van der Waals surface area contributed by atoms with Crippen molar-refractivity contribution in [1.82, 2.24) is 5.32 Å². The number of hydrogen-bond acceptors (Lipinski definition) is 4. The van der Waals surface area contributed by atoms with E-state index in [0.717, 1.165) is 32.1 Å². The highest BCUT2D eigenvalue weighted by molar-refractivity contribution is 5.79. The summed E-state index contributed by atoms with van der Waals surface area (Å²) in [7, 11) is 0. The standard InChI is InChI=1S/C18H25F2N3O2/c19-18(20)25-16-7-2-1-6-15(16)23-9-8-14(11-23)22-17(24)12-4-3-5-13(21)10-12/h1-2,6-7,12-14,18H,3-5,8-11,21H2,(H,22,24). The van der Waals surface area contributed by atoms with Crippen LogP contribution in [-0.4, -0.2) is 37.7 Å². The van der Waals surface area contributed by atoms with Crippen molar-refractivity contribution in [3.8, 4) is 5.75 Å². The molecule has 3 atom stereocenters. The number of hydrogen-bond donors (Lipinski definition) is 2. The van der Waals surface area contributed by atoms with Crippen molar-refractivity contribution in [2.75, 3.05) is 18.0 Å². The number of alkyl halides is 2. The minimum atomic E-state index is -2.85. The number of ether oxygens (including phenoxy) is 1. The van der Waals surface area contributed by atoms with Gasteiger partial charge in [0.25, 0.3) is 0 Å². The summed E-state index contributed by atoms with van der Waals surface area (Å²) in [6, 6.07) is 6.90. The Bertz CT molecular complexity index is 599. The van der Waals surface area contributed by atoms with Crippen molar-refractivity contribution >= 4 is 11.6 Å². The summed E-state index contributed by atoms with van der Waals surface area (Å²) in [5, 5.41) is 3.10. The average molecular weight is 353 g/mol. The molecule has 25 heavy (non-hydrogen) atoms. The molecule has 0 aromatic heterocycles. The number of benzene rings is 1. The second kappa shape index (κ2) is 7.99. The molecule has 1 aliphatic heterocycles. The number of anilines is 1. The molecule has 3 N–H and O–H groups in total. The number of amides is 1. The van der Waals surface area contributed by atoms with Gasteiger partial charge in [-0.15, -0.1) is 0 Å². The van der Waals surface area contributed by atoms with Crippen LogP contribution in [-0.2, 0) is 4.79 Å². The molecule has 1 aromatic carbocycles. The van der Waals surface area contributed by atoms with Gasteiger partial charge in [-0.1, -0.05) is 18.6 Å². The zero-order valence-corrected chi connectivity index (χ0v) is 14.2.